The van der Waals surface area contributed by atoms with Crippen molar-refractivity contribution < 1.29 is 4.39 Å². The van der Waals surface area contributed by atoms with Crippen LogP contribution in [-0.2, 0) is 12.8 Å². The Kier molecular flexibility index (Phi) is 4.97. The molecule has 19 heavy (non-hydrogen) atoms. The Labute approximate surface area is 125 Å². The third kappa shape index (κ3) is 4.03. The molecule has 2 aromatic carbocycles. The van der Waals surface area contributed by atoms with E-state index in [-0.39, 0.29) is 11.9 Å². The summed E-state index contributed by atoms with van der Waals surface area (Å²) in [6.07, 6.45) is 1.33. The van der Waals surface area contributed by atoms with Gasteiger partial charge in [0.05, 0.1) is 4.47 Å². The minimum absolute atomic E-state index is 0.0726. The molecule has 0 amide bonds. The first kappa shape index (κ1) is 14.5. The van der Waals surface area contributed by atoms with Crippen LogP contribution in [0.2, 0.25) is 5.02 Å². The third-order valence-electron chi connectivity index (χ3n) is 2.90. The third-order valence-corrected chi connectivity index (χ3v) is 4.02. The monoisotopic (exact) mass is 341 g/mol. The van der Waals surface area contributed by atoms with Crippen LogP contribution in [0.1, 0.15) is 11.1 Å². The van der Waals surface area contributed by atoms with Gasteiger partial charge in [0.25, 0.3) is 0 Å². The maximum atomic E-state index is 13.4. The van der Waals surface area contributed by atoms with E-state index in [2.05, 4.69) is 15.9 Å². The van der Waals surface area contributed by atoms with E-state index in [0.29, 0.717) is 22.3 Å². The predicted molar refractivity (Wildman–Crippen MR) is 80.9 cm³/mol. The summed E-state index contributed by atoms with van der Waals surface area (Å²) in [6.45, 7) is 0. The fourth-order valence-electron chi connectivity index (χ4n) is 2.03. The van der Waals surface area contributed by atoms with E-state index in [9.17, 15) is 4.39 Å². The van der Waals surface area contributed by atoms with E-state index in [1.165, 1.54) is 6.07 Å². The van der Waals surface area contributed by atoms with Gasteiger partial charge in [-0.15, -0.1) is 0 Å². The van der Waals surface area contributed by atoms with Gasteiger partial charge in [0.15, 0.2) is 0 Å². The highest BCUT2D eigenvalue weighted by Gasteiger charge is 2.10. The molecular weight excluding hydrogens is 329 g/mol. The molecule has 0 heterocycles. The van der Waals surface area contributed by atoms with Crippen LogP contribution < -0.4 is 5.73 Å². The number of rotatable bonds is 4. The van der Waals surface area contributed by atoms with Gasteiger partial charge in [0, 0.05) is 11.1 Å². The summed E-state index contributed by atoms with van der Waals surface area (Å²) in [5, 5.41) is 0.705. The lowest BCUT2D eigenvalue weighted by atomic mass is 10.00. The molecule has 0 aromatic heterocycles. The fraction of sp³-hybridized carbons (Fsp3) is 0.200. The molecule has 0 spiro atoms. The first-order valence-corrected chi connectivity index (χ1v) is 7.16. The quantitative estimate of drug-likeness (QED) is 0.878. The minimum Gasteiger partial charge on any atom is -0.327 e. The summed E-state index contributed by atoms with van der Waals surface area (Å²) >= 11 is 9.19. The molecule has 0 aliphatic carbocycles. The highest BCUT2D eigenvalue weighted by atomic mass is 79.9. The first-order chi connectivity index (χ1) is 9.06. The molecule has 100 valence electrons. The average Bonchev–Trinajstić information content (AvgIpc) is 2.35. The summed E-state index contributed by atoms with van der Waals surface area (Å²) in [7, 11) is 0. The Hall–Kier alpha value is -0.900. The standard InChI is InChI=1S/C15H14BrClFN/c16-15-11(4-2-6-14(15)18)9-13(19)8-10-3-1-5-12(17)7-10/h1-7,13H,8-9,19H2. The number of benzene rings is 2. The Bertz CT molecular complexity index is 574. The van der Waals surface area contributed by atoms with E-state index in [1.807, 2.05) is 30.3 Å². The lowest BCUT2D eigenvalue weighted by Gasteiger charge is -2.13. The van der Waals surface area contributed by atoms with Gasteiger partial charge in [0.2, 0.25) is 0 Å². The van der Waals surface area contributed by atoms with E-state index in [1.54, 1.807) is 6.07 Å². The van der Waals surface area contributed by atoms with Crippen LogP contribution in [0.25, 0.3) is 0 Å². The van der Waals surface area contributed by atoms with Crippen molar-refractivity contribution in [2.75, 3.05) is 0 Å². The van der Waals surface area contributed by atoms with Crippen LogP contribution in [0.3, 0.4) is 0 Å². The van der Waals surface area contributed by atoms with Gasteiger partial charge >= 0.3 is 0 Å². The molecule has 1 atom stereocenters. The molecular formula is C15H14BrClFN. The van der Waals surface area contributed by atoms with E-state index in [0.717, 1.165) is 11.1 Å². The van der Waals surface area contributed by atoms with E-state index < -0.39 is 0 Å². The van der Waals surface area contributed by atoms with Gasteiger partial charge in [-0.3, -0.25) is 0 Å². The molecule has 1 unspecified atom stereocenters. The normalized spacial score (nSPS) is 12.4. The number of halogens is 3. The number of hydrogen-bond acceptors (Lipinski definition) is 1. The van der Waals surface area contributed by atoms with Crippen molar-refractivity contribution in [3.63, 3.8) is 0 Å². The van der Waals surface area contributed by atoms with Crippen molar-refractivity contribution in [3.8, 4) is 0 Å². The fourth-order valence-corrected chi connectivity index (χ4v) is 2.67. The van der Waals surface area contributed by atoms with Crippen LogP contribution in [0, 0.1) is 5.82 Å². The Morgan fingerprint density at radius 1 is 1.16 bits per heavy atom. The molecule has 4 heteroatoms. The largest absolute Gasteiger partial charge is 0.327 e. The summed E-state index contributed by atoms with van der Waals surface area (Å²) in [5.74, 6) is -0.257. The number of nitrogens with two attached hydrogens (primary N) is 1. The smallest absolute Gasteiger partial charge is 0.137 e. The zero-order valence-electron chi connectivity index (χ0n) is 10.2. The van der Waals surface area contributed by atoms with Gasteiger partial charge < -0.3 is 5.73 Å². The zero-order chi connectivity index (χ0) is 13.8. The molecule has 0 saturated heterocycles. The first-order valence-electron chi connectivity index (χ1n) is 5.99. The maximum absolute atomic E-state index is 13.4. The number of hydrogen-bond donors (Lipinski definition) is 1. The molecule has 0 saturated carbocycles. The summed E-state index contributed by atoms with van der Waals surface area (Å²) in [6, 6.07) is 12.6. The van der Waals surface area contributed by atoms with E-state index in [4.69, 9.17) is 17.3 Å². The molecule has 1 nitrogen and oxygen atoms in total. The summed E-state index contributed by atoms with van der Waals surface area (Å²) in [5.41, 5.74) is 8.09. The van der Waals surface area contributed by atoms with Crippen LogP contribution in [0.15, 0.2) is 46.9 Å². The molecule has 0 aliphatic rings. The maximum Gasteiger partial charge on any atom is 0.137 e. The van der Waals surface area contributed by atoms with Crippen LogP contribution in [0.5, 0.6) is 0 Å². The summed E-state index contributed by atoms with van der Waals surface area (Å²) < 4.78 is 13.9. The van der Waals surface area contributed by atoms with Crippen molar-refractivity contribution >= 4 is 27.5 Å². The molecule has 0 fully saturated rings. The van der Waals surface area contributed by atoms with Crippen molar-refractivity contribution in [2.45, 2.75) is 18.9 Å². The second kappa shape index (κ2) is 6.51. The van der Waals surface area contributed by atoms with Gasteiger partial charge in [-0.25, -0.2) is 4.39 Å². The highest BCUT2D eigenvalue weighted by molar-refractivity contribution is 9.10. The van der Waals surface area contributed by atoms with Crippen molar-refractivity contribution in [3.05, 3.63) is 68.9 Å². The highest BCUT2D eigenvalue weighted by Crippen LogP contribution is 2.22. The van der Waals surface area contributed by atoms with Crippen molar-refractivity contribution in [1.82, 2.24) is 0 Å². The van der Waals surface area contributed by atoms with Crippen LogP contribution in [-0.4, -0.2) is 6.04 Å². The van der Waals surface area contributed by atoms with Gasteiger partial charge in [-0.2, -0.15) is 0 Å². The lowest BCUT2D eigenvalue weighted by molar-refractivity contribution is 0.610. The molecule has 0 radical (unpaired) electrons. The second-order valence-corrected chi connectivity index (χ2v) is 5.74. The molecule has 2 rings (SSSR count). The van der Waals surface area contributed by atoms with E-state index >= 15 is 0 Å². The molecule has 0 aliphatic heterocycles. The van der Waals surface area contributed by atoms with Crippen LogP contribution in [0.4, 0.5) is 4.39 Å². The Morgan fingerprint density at radius 3 is 2.63 bits per heavy atom. The van der Waals surface area contributed by atoms with Crippen molar-refractivity contribution in [1.29, 1.82) is 0 Å². The van der Waals surface area contributed by atoms with Gasteiger partial charge in [-0.1, -0.05) is 35.9 Å². The topological polar surface area (TPSA) is 26.0 Å². The minimum atomic E-state index is -0.257. The summed E-state index contributed by atoms with van der Waals surface area (Å²) in [4.78, 5) is 0. The van der Waals surface area contributed by atoms with Gasteiger partial charge in [-0.05, 0) is 58.1 Å². The second-order valence-electron chi connectivity index (χ2n) is 4.51. The Morgan fingerprint density at radius 2 is 1.89 bits per heavy atom. The zero-order valence-corrected chi connectivity index (χ0v) is 12.6. The molecule has 2 aromatic rings. The molecule has 2 N–H and O–H groups in total. The molecule has 0 bridgehead atoms. The predicted octanol–water partition coefficient (Wildman–Crippen LogP) is 4.35. The Balaban J connectivity index is 2.05. The average molecular weight is 343 g/mol. The van der Waals surface area contributed by atoms with Gasteiger partial charge in [0.1, 0.15) is 5.82 Å². The van der Waals surface area contributed by atoms with Crippen molar-refractivity contribution in [2.24, 2.45) is 5.73 Å². The SMILES string of the molecule is NC(Cc1cccc(Cl)c1)Cc1cccc(F)c1Br. The van der Waals surface area contributed by atoms with Crippen LogP contribution >= 0.6 is 27.5 Å². The lowest BCUT2D eigenvalue weighted by Crippen LogP contribution is -2.25.